The number of ether oxygens (including phenoxy) is 6. The number of carbonyl (C=O) groups excluding carboxylic acids is 6. The highest BCUT2D eigenvalue weighted by atomic mass is 79.9. The maximum Gasteiger partial charge on any atom is 0.338 e. The van der Waals surface area contributed by atoms with E-state index in [0.717, 1.165) is 47.5 Å². The zero-order valence-corrected chi connectivity index (χ0v) is 67.7. The van der Waals surface area contributed by atoms with Crippen LogP contribution in [-0.4, -0.2) is 140 Å². The van der Waals surface area contributed by atoms with Gasteiger partial charge in [-0.3, -0.25) is 19.2 Å². The van der Waals surface area contributed by atoms with Crippen LogP contribution in [0.2, 0.25) is 0 Å². The Balaban J connectivity index is 0.000000241. The molecule has 2 saturated heterocycles. The maximum absolute atomic E-state index is 13.6. The quantitative estimate of drug-likeness (QED) is 0.0363. The summed E-state index contributed by atoms with van der Waals surface area (Å²) < 4.78 is 37.8. The number of hydrogen-bond acceptors (Lipinski definition) is 18. The summed E-state index contributed by atoms with van der Waals surface area (Å²) in [5.41, 5.74) is 0.764. The molecule has 6 N–H and O–H groups in total. The van der Waals surface area contributed by atoms with Crippen molar-refractivity contribution in [1.29, 1.82) is 0 Å². The molecule has 6 aliphatic carbocycles. The molecule has 10 rings (SSSR count). The average Bonchev–Trinajstić information content (AvgIpc) is 1.53. The Kier molecular flexibility index (Phi) is 27.0. The zero-order valence-electron chi connectivity index (χ0n) is 64.5. The van der Waals surface area contributed by atoms with Gasteiger partial charge in [0, 0.05) is 57.3 Å². The van der Waals surface area contributed by atoms with Crippen LogP contribution in [0.4, 0.5) is 0 Å². The number of halogens is 2. The first-order valence-corrected chi connectivity index (χ1v) is 40.5. The van der Waals surface area contributed by atoms with Crippen LogP contribution in [-0.2, 0) is 47.6 Å². The van der Waals surface area contributed by atoms with Crippen molar-refractivity contribution < 1.29 is 87.8 Å². The molecule has 4 saturated carbocycles. The van der Waals surface area contributed by atoms with Gasteiger partial charge in [-0.1, -0.05) is 138 Å². The Bertz CT molecular complexity index is 3200. The minimum atomic E-state index is -1.75. The van der Waals surface area contributed by atoms with Gasteiger partial charge in [0.05, 0.1) is 73.2 Å². The number of fused-ring (bicyclic) bond motifs is 4. The molecule has 0 aromatic heterocycles. The minimum absolute atomic E-state index is 0.0180. The highest BCUT2D eigenvalue weighted by Gasteiger charge is 2.60. The van der Waals surface area contributed by atoms with Gasteiger partial charge in [-0.15, -0.1) is 0 Å². The predicted molar refractivity (Wildman–Crippen MR) is 402 cm³/mol. The second-order valence-corrected chi connectivity index (χ2v) is 36.6. The minimum Gasteiger partial charge on any atom is -0.465 e. The van der Waals surface area contributed by atoms with E-state index in [9.17, 15) is 59.4 Å². The van der Waals surface area contributed by atoms with Crippen LogP contribution in [0.5, 0.6) is 0 Å². The summed E-state index contributed by atoms with van der Waals surface area (Å²) in [4.78, 5) is 78.0. The molecule has 18 nitrogen and oxygen atoms in total. The fourth-order valence-electron chi connectivity index (χ4n) is 20.8. The lowest BCUT2D eigenvalue weighted by atomic mass is 9.64. The van der Waals surface area contributed by atoms with Gasteiger partial charge in [0.15, 0.2) is 11.6 Å². The van der Waals surface area contributed by atoms with Gasteiger partial charge in [-0.25, -0.2) is 9.59 Å². The highest BCUT2D eigenvalue weighted by Crippen LogP contribution is 2.62. The molecule has 2 aliphatic heterocycles. The van der Waals surface area contributed by atoms with Crippen molar-refractivity contribution >= 4 is 67.3 Å². The van der Waals surface area contributed by atoms with E-state index in [4.69, 9.17) is 28.4 Å². The lowest BCUT2D eigenvalue weighted by Gasteiger charge is -2.48. The molecule has 20 heteroatoms. The number of aliphatic hydroxyl groups excluding tert-OH is 2. The van der Waals surface area contributed by atoms with Crippen molar-refractivity contribution in [1.82, 2.24) is 0 Å². The smallest absolute Gasteiger partial charge is 0.338 e. The summed E-state index contributed by atoms with van der Waals surface area (Å²) in [7, 11) is 0. The zero-order chi connectivity index (χ0) is 76.7. The second kappa shape index (κ2) is 33.5. The van der Waals surface area contributed by atoms with Crippen molar-refractivity contribution in [3.05, 3.63) is 91.9 Å². The summed E-state index contributed by atoms with van der Waals surface area (Å²) in [5, 5.41) is 69.8. The van der Waals surface area contributed by atoms with Gasteiger partial charge in [-0.05, 0) is 223 Å². The van der Waals surface area contributed by atoms with Crippen LogP contribution in [0.15, 0.2) is 80.8 Å². The number of ketones is 2. The predicted octanol–water partition coefficient (Wildman–Crippen LogP) is 14.6. The van der Waals surface area contributed by atoms with Crippen LogP contribution in [0, 0.1) is 117 Å². The molecule has 8 aliphatic rings. The van der Waals surface area contributed by atoms with Gasteiger partial charge in [-0.2, -0.15) is 0 Å². The number of benzene rings is 2. The maximum atomic E-state index is 13.6. The number of allylic oxidation sites excluding steroid dienone is 2. The van der Waals surface area contributed by atoms with Crippen LogP contribution >= 0.6 is 31.9 Å². The topological polar surface area (TPSA) is 279 Å². The van der Waals surface area contributed by atoms with Crippen LogP contribution < -0.4 is 0 Å². The lowest BCUT2D eigenvalue weighted by Crippen LogP contribution is -2.57. The molecule has 2 aromatic rings. The molecular weight excluding hydrogens is 1460 g/mol. The molecule has 0 spiro atoms. The van der Waals surface area contributed by atoms with Gasteiger partial charge >= 0.3 is 23.9 Å². The Morgan fingerprint density at radius 1 is 0.519 bits per heavy atom. The van der Waals surface area contributed by atoms with Crippen LogP contribution in [0.3, 0.4) is 0 Å². The molecule has 28 atom stereocenters. The van der Waals surface area contributed by atoms with E-state index >= 15 is 0 Å². The third-order valence-corrected chi connectivity index (χ3v) is 28.2. The molecule has 0 bridgehead atoms. The first-order valence-electron chi connectivity index (χ1n) is 38.9. The largest absolute Gasteiger partial charge is 0.465 e. The third kappa shape index (κ3) is 17.7. The normalized spacial score (nSPS) is 40.2. The van der Waals surface area contributed by atoms with Gasteiger partial charge < -0.3 is 59.1 Å². The fourth-order valence-corrected chi connectivity index (χ4v) is 21.3. The Labute approximate surface area is 634 Å². The molecule has 580 valence electrons. The SMILES string of the molecule is CCC(=O)[C@@H](C)[C@H]1O[C@@](O)([C@H](C)C(=O)OC[C@@H](C)[C@H]2CC[C@]3(C)C[C@@H]4[C@H](COC(=O)c5ccc(Br)cc5)C[C@@H](O)[C@H]4[C@@](C)(O)C/C=C/23)[C@H](C)C[C@H]1C.CCC(=O)[C@@H](C)[C@H]1O[C@@](O)([C@H](C)C(=O)OC[C@@H](C)[C@H]2CC[C@]3(C)C[C@@H]4[C@H](COC(=O)c5ccc(Br)cc5)C[C@@H](O)[C@H]4[C@@](C)(O)C/C=C/23)[C@H](C)C[C@H]1C. The van der Waals surface area contributed by atoms with E-state index < -0.39 is 82.9 Å². The van der Waals surface area contributed by atoms with E-state index in [1.165, 1.54) is 11.1 Å². The van der Waals surface area contributed by atoms with Crippen molar-refractivity contribution in [3.63, 3.8) is 0 Å². The number of carbonyl (C=O) groups is 6. The van der Waals surface area contributed by atoms with E-state index in [-0.39, 0.29) is 144 Å². The average molecular weight is 1580 g/mol. The summed E-state index contributed by atoms with van der Waals surface area (Å²) in [5.74, 6) is -9.17. The number of esters is 4. The summed E-state index contributed by atoms with van der Waals surface area (Å²) in [6.45, 7) is 31.4. The van der Waals surface area contributed by atoms with Crippen LogP contribution in [0.1, 0.15) is 221 Å². The number of Topliss-reactive ketones (excluding diaryl/α,β-unsaturated/α-hetero) is 2. The molecule has 2 aromatic carbocycles. The highest BCUT2D eigenvalue weighted by molar-refractivity contribution is 9.10. The number of rotatable bonds is 22. The first kappa shape index (κ1) is 83.8. The Morgan fingerprint density at radius 2 is 0.856 bits per heavy atom. The third-order valence-electron chi connectivity index (χ3n) is 27.2. The summed E-state index contributed by atoms with van der Waals surface area (Å²) in [6.07, 6.45) is 10.8. The Hall–Kier alpha value is -4.22. The van der Waals surface area contributed by atoms with E-state index in [1.807, 2.05) is 69.2 Å². The molecular formula is C84H122Br2O18. The summed E-state index contributed by atoms with van der Waals surface area (Å²) in [6, 6.07) is 14.1. The lowest BCUT2D eigenvalue weighted by molar-refractivity contribution is -0.319. The molecule has 2 heterocycles. The standard InChI is InChI=1S/2C42H61BrO9/c2*1-9-34(44)26(5)37-23(2)18-25(4)42(49,52-37)27(6)38(46)50-21-24(3)31-14-16-40(7)20-32-29(22-51-39(47)28-10-12-30(43)13-11-28)19-35(45)36(32)41(8,48)17-15-33(31)40/h2*10-13,15,23-27,29,31-32,35-37,45,48-49H,9,14,16-22H2,1-8H3/b2*33-15-/t2*23-,24-,25-,26-,27-,29+,31-,32-,35-,36+,37+,40-,41+,42-/m11/s1. The molecule has 0 radical (unpaired) electrons. The first-order chi connectivity index (χ1) is 48.6. The second-order valence-electron chi connectivity index (χ2n) is 34.7. The van der Waals surface area contributed by atoms with Crippen molar-refractivity contribution in [3.8, 4) is 0 Å². The fraction of sp³-hybridized carbons (Fsp3) is 0.738. The van der Waals surface area contributed by atoms with Crippen LogP contribution in [0.25, 0.3) is 0 Å². The molecule has 0 unspecified atom stereocenters. The number of hydrogen-bond donors (Lipinski definition) is 6. The number of aliphatic hydroxyl groups is 6. The van der Waals surface area contributed by atoms with Gasteiger partial charge in [0.1, 0.15) is 23.4 Å². The monoisotopic (exact) mass is 1580 g/mol. The van der Waals surface area contributed by atoms with Gasteiger partial charge in [0.2, 0.25) is 0 Å². The summed E-state index contributed by atoms with van der Waals surface area (Å²) >= 11 is 6.79. The van der Waals surface area contributed by atoms with E-state index in [1.54, 1.807) is 62.4 Å². The molecule has 104 heavy (non-hydrogen) atoms. The Morgan fingerprint density at radius 3 is 1.18 bits per heavy atom. The van der Waals surface area contributed by atoms with Gasteiger partial charge in [0.25, 0.3) is 0 Å². The van der Waals surface area contributed by atoms with E-state index in [2.05, 4.69) is 71.7 Å². The van der Waals surface area contributed by atoms with Crippen molar-refractivity contribution in [2.45, 2.75) is 248 Å². The molecule has 0 amide bonds. The van der Waals surface area contributed by atoms with Crippen molar-refractivity contribution in [2.75, 3.05) is 26.4 Å². The van der Waals surface area contributed by atoms with Crippen molar-refractivity contribution in [2.24, 2.45) is 117 Å². The molecule has 6 fully saturated rings. The van der Waals surface area contributed by atoms with E-state index in [0.29, 0.717) is 62.5 Å².